The van der Waals surface area contributed by atoms with Crippen LogP contribution in [0.5, 0.6) is 5.75 Å². The lowest BCUT2D eigenvalue weighted by Crippen LogP contribution is -2.29. The molecule has 0 aliphatic carbocycles. The molecule has 0 radical (unpaired) electrons. The number of fused-ring (bicyclic) bond motifs is 1. The molecule has 1 amide bonds. The lowest BCUT2D eigenvalue weighted by molar-refractivity contribution is -0.114. The second-order valence-electron chi connectivity index (χ2n) is 4.87. The summed E-state index contributed by atoms with van der Waals surface area (Å²) >= 11 is 0. The number of ether oxygens (including phenoxy) is 1. The number of carbonyl (C=O) groups is 2. The largest absolute Gasteiger partial charge is 0.497 e. The summed E-state index contributed by atoms with van der Waals surface area (Å²) in [6, 6.07) is 8.84. The monoisotopic (exact) mass is 282 g/mol. The van der Waals surface area contributed by atoms with Crippen LogP contribution in [0.2, 0.25) is 0 Å². The van der Waals surface area contributed by atoms with E-state index in [1.165, 1.54) is 12.0 Å². The number of anilines is 1. The van der Waals surface area contributed by atoms with E-state index in [0.717, 1.165) is 11.3 Å². The Hall–Kier alpha value is -2.69. The van der Waals surface area contributed by atoms with Gasteiger partial charge in [-0.2, -0.15) is 0 Å². The second kappa shape index (κ2) is 5.01. The fourth-order valence-electron chi connectivity index (χ4n) is 2.40. The molecule has 21 heavy (non-hydrogen) atoms. The van der Waals surface area contributed by atoms with Gasteiger partial charge in [-0.25, -0.2) is 0 Å². The molecule has 1 aliphatic rings. The molecule has 0 bridgehead atoms. The maximum absolute atomic E-state index is 12.2. The van der Waals surface area contributed by atoms with E-state index in [4.69, 9.17) is 4.74 Å². The fourth-order valence-corrected chi connectivity index (χ4v) is 2.40. The van der Waals surface area contributed by atoms with Gasteiger partial charge in [0.2, 0.25) is 0 Å². The molecule has 0 fully saturated rings. The van der Waals surface area contributed by atoms with Crippen LogP contribution in [0.1, 0.15) is 21.6 Å². The standard InChI is InChI=1S/C16H14N2O3/c1-10-4-3-7-17-13(10)9-18-14-6-5-11(21-2)8-12(14)15(19)16(18)20/h3-8H,9H2,1-2H3. The van der Waals surface area contributed by atoms with Crippen molar-refractivity contribution < 1.29 is 14.3 Å². The zero-order valence-corrected chi connectivity index (χ0v) is 11.8. The molecular weight excluding hydrogens is 268 g/mol. The highest BCUT2D eigenvalue weighted by atomic mass is 16.5. The first-order valence-corrected chi connectivity index (χ1v) is 6.56. The number of ketones is 1. The third kappa shape index (κ3) is 2.16. The van der Waals surface area contributed by atoms with Crippen LogP contribution in [-0.2, 0) is 11.3 Å². The molecular formula is C16H14N2O3. The van der Waals surface area contributed by atoms with Gasteiger partial charge in [-0.05, 0) is 36.8 Å². The number of hydrogen-bond acceptors (Lipinski definition) is 4. The number of carbonyl (C=O) groups excluding carboxylic acids is 2. The summed E-state index contributed by atoms with van der Waals surface area (Å²) in [4.78, 5) is 30.0. The van der Waals surface area contributed by atoms with Crippen LogP contribution >= 0.6 is 0 Å². The number of methoxy groups -OCH3 is 1. The first-order chi connectivity index (χ1) is 10.1. The van der Waals surface area contributed by atoms with E-state index in [9.17, 15) is 9.59 Å². The van der Waals surface area contributed by atoms with E-state index in [1.54, 1.807) is 24.4 Å². The van der Waals surface area contributed by atoms with Crippen molar-refractivity contribution in [3.05, 3.63) is 53.3 Å². The molecule has 1 aromatic carbocycles. The Kier molecular flexibility index (Phi) is 3.17. The Balaban J connectivity index is 2.00. The van der Waals surface area contributed by atoms with Crippen molar-refractivity contribution in [1.29, 1.82) is 0 Å². The van der Waals surface area contributed by atoms with Gasteiger partial charge in [-0.15, -0.1) is 0 Å². The van der Waals surface area contributed by atoms with Gasteiger partial charge in [0, 0.05) is 6.20 Å². The Morgan fingerprint density at radius 1 is 1.24 bits per heavy atom. The van der Waals surface area contributed by atoms with Crippen LogP contribution in [0.4, 0.5) is 5.69 Å². The minimum absolute atomic E-state index is 0.288. The van der Waals surface area contributed by atoms with E-state index in [0.29, 0.717) is 17.0 Å². The van der Waals surface area contributed by atoms with Crippen LogP contribution in [0.25, 0.3) is 0 Å². The molecule has 1 aromatic heterocycles. The van der Waals surface area contributed by atoms with Crippen LogP contribution in [0, 0.1) is 6.92 Å². The average molecular weight is 282 g/mol. The molecule has 2 aromatic rings. The molecule has 0 atom stereocenters. The van der Waals surface area contributed by atoms with Crippen molar-refractivity contribution >= 4 is 17.4 Å². The summed E-state index contributed by atoms with van der Waals surface area (Å²) < 4.78 is 5.10. The normalized spacial score (nSPS) is 13.5. The number of pyridine rings is 1. The van der Waals surface area contributed by atoms with E-state index in [-0.39, 0.29) is 6.54 Å². The minimum atomic E-state index is -0.525. The zero-order valence-electron chi connectivity index (χ0n) is 11.8. The minimum Gasteiger partial charge on any atom is -0.497 e. The van der Waals surface area contributed by atoms with Crippen molar-refractivity contribution in [3.63, 3.8) is 0 Å². The van der Waals surface area contributed by atoms with Crippen molar-refractivity contribution in [2.24, 2.45) is 0 Å². The third-order valence-electron chi connectivity index (χ3n) is 3.60. The van der Waals surface area contributed by atoms with E-state index < -0.39 is 11.7 Å². The summed E-state index contributed by atoms with van der Waals surface area (Å²) in [6.07, 6.45) is 1.68. The maximum atomic E-state index is 12.2. The fraction of sp³-hybridized carbons (Fsp3) is 0.188. The number of benzene rings is 1. The zero-order chi connectivity index (χ0) is 15.0. The van der Waals surface area contributed by atoms with Gasteiger partial charge >= 0.3 is 0 Å². The highest BCUT2D eigenvalue weighted by Gasteiger charge is 2.36. The quantitative estimate of drug-likeness (QED) is 0.809. The van der Waals surface area contributed by atoms with Crippen molar-refractivity contribution in [2.75, 3.05) is 12.0 Å². The topological polar surface area (TPSA) is 59.5 Å². The Labute approximate surface area is 122 Å². The van der Waals surface area contributed by atoms with Gasteiger partial charge in [0.1, 0.15) is 5.75 Å². The van der Waals surface area contributed by atoms with Gasteiger partial charge in [-0.3, -0.25) is 19.5 Å². The lowest BCUT2D eigenvalue weighted by atomic mass is 10.1. The predicted octanol–water partition coefficient (Wildman–Crippen LogP) is 2.13. The highest BCUT2D eigenvalue weighted by molar-refractivity contribution is 6.52. The molecule has 1 aliphatic heterocycles. The van der Waals surface area contributed by atoms with E-state index in [1.807, 2.05) is 19.1 Å². The number of aryl methyl sites for hydroxylation is 1. The number of rotatable bonds is 3. The lowest BCUT2D eigenvalue weighted by Gasteiger charge is -2.17. The average Bonchev–Trinajstić information content (AvgIpc) is 2.74. The molecule has 0 saturated carbocycles. The molecule has 106 valence electrons. The van der Waals surface area contributed by atoms with Crippen LogP contribution < -0.4 is 9.64 Å². The van der Waals surface area contributed by atoms with Crippen LogP contribution in [-0.4, -0.2) is 23.8 Å². The summed E-state index contributed by atoms with van der Waals surface area (Å²) in [5.74, 6) is -0.466. The Morgan fingerprint density at radius 3 is 2.76 bits per heavy atom. The number of Topliss-reactive ketones (excluding diaryl/α,β-unsaturated/α-hetero) is 1. The highest BCUT2D eigenvalue weighted by Crippen LogP contribution is 2.33. The van der Waals surface area contributed by atoms with Crippen LogP contribution in [0.3, 0.4) is 0 Å². The Morgan fingerprint density at radius 2 is 2.05 bits per heavy atom. The van der Waals surface area contributed by atoms with Gasteiger partial charge < -0.3 is 4.74 Å². The number of nitrogens with zero attached hydrogens (tertiary/aromatic N) is 2. The molecule has 0 N–H and O–H groups in total. The first kappa shape index (κ1) is 13.3. The van der Waals surface area contributed by atoms with Crippen molar-refractivity contribution in [2.45, 2.75) is 13.5 Å². The second-order valence-corrected chi connectivity index (χ2v) is 4.87. The van der Waals surface area contributed by atoms with Gasteiger partial charge in [0.15, 0.2) is 0 Å². The van der Waals surface area contributed by atoms with Crippen molar-refractivity contribution in [1.82, 2.24) is 4.98 Å². The summed E-state index contributed by atoms with van der Waals surface area (Å²) in [5.41, 5.74) is 2.76. The molecule has 0 unspecified atom stereocenters. The van der Waals surface area contributed by atoms with Crippen molar-refractivity contribution in [3.8, 4) is 5.75 Å². The van der Waals surface area contributed by atoms with Gasteiger partial charge in [0.05, 0.1) is 30.6 Å². The van der Waals surface area contributed by atoms with E-state index in [2.05, 4.69) is 4.98 Å². The molecule has 0 spiro atoms. The maximum Gasteiger partial charge on any atom is 0.299 e. The third-order valence-corrected chi connectivity index (χ3v) is 3.60. The smallest absolute Gasteiger partial charge is 0.299 e. The van der Waals surface area contributed by atoms with E-state index >= 15 is 0 Å². The molecule has 3 rings (SSSR count). The first-order valence-electron chi connectivity index (χ1n) is 6.56. The number of amides is 1. The molecule has 5 heteroatoms. The summed E-state index contributed by atoms with van der Waals surface area (Å²) in [7, 11) is 1.53. The van der Waals surface area contributed by atoms with Crippen LogP contribution in [0.15, 0.2) is 36.5 Å². The Bertz CT molecular complexity index is 740. The molecule has 5 nitrogen and oxygen atoms in total. The number of aromatic nitrogens is 1. The molecule has 2 heterocycles. The summed E-state index contributed by atoms with van der Waals surface area (Å²) in [5, 5.41) is 0. The molecule has 0 saturated heterocycles. The number of hydrogen-bond donors (Lipinski definition) is 0. The summed E-state index contributed by atoms with van der Waals surface area (Å²) in [6.45, 7) is 2.22. The van der Waals surface area contributed by atoms with Gasteiger partial charge in [0.25, 0.3) is 11.7 Å². The predicted molar refractivity (Wildman–Crippen MR) is 77.5 cm³/mol. The SMILES string of the molecule is COc1ccc2c(c1)C(=O)C(=O)N2Cc1ncccc1C. The van der Waals surface area contributed by atoms with Gasteiger partial charge in [-0.1, -0.05) is 6.07 Å².